The number of hydrogen-bond donors (Lipinski definition) is 1. The minimum atomic E-state index is -7.18. The van der Waals surface area contributed by atoms with Crippen LogP contribution in [0.3, 0.4) is 0 Å². The van der Waals surface area contributed by atoms with E-state index in [-0.39, 0.29) is 12.0 Å². The Morgan fingerprint density at radius 2 is 0.978 bits per heavy atom. The first-order valence-electron chi connectivity index (χ1n) is 11.3. The number of esters is 2. The lowest BCUT2D eigenvalue weighted by Gasteiger charge is -2.33. The predicted octanol–water partition coefficient (Wildman–Crippen LogP) is 7.65. The molecule has 0 aromatic carbocycles. The Labute approximate surface area is 242 Å². The van der Waals surface area contributed by atoms with Gasteiger partial charge in [-0.25, -0.2) is 5.26 Å². The molecule has 0 aliphatic carbocycles. The molecule has 0 aliphatic rings. The minimum absolute atomic E-state index is 0.0131. The lowest BCUT2D eigenvalue weighted by molar-refractivity contribution is -0.432. The number of rotatable bonds is 19. The van der Waals surface area contributed by atoms with Crippen molar-refractivity contribution in [2.24, 2.45) is 5.92 Å². The zero-order valence-electron chi connectivity index (χ0n) is 21.3. The Hall–Kier alpha value is -2.09. The summed E-state index contributed by atoms with van der Waals surface area (Å²) in [5.74, 6) is -46.2. The standard InChI is InChI=1S/C19H18F18O7S/c20-12(21,14(24,25)16(28,29)18(32,33)34)3-1-5-41-10(38)7-9(8-45-44-43-40)11(39)42-6-2-4-13(22,23)15(26,27)17(30,31)19(35,36)37/h9,40H,1-8H2. The third-order valence-corrected chi connectivity index (χ3v) is 5.99. The molecule has 1 N–H and O–H groups in total. The SMILES string of the molecule is O=C(CC(CSOOO)C(=O)OCCCC(F)(F)C(F)(F)C(F)(F)C(F)(F)F)OCCCC(F)(F)C(F)(F)C(F)(F)C(F)(F)F. The third kappa shape index (κ3) is 10.2. The van der Waals surface area contributed by atoms with Gasteiger partial charge in [0.1, 0.15) is 0 Å². The minimum Gasteiger partial charge on any atom is -0.466 e. The van der Waals surface area contributed by atoms with Crippen molar-refractivity contribution in [2.75, 3.05) is 19.0 Å². The van der Waals surface area contributed by atoms with Crippen LogP contribution in [0.2, 0.25) is 0 Å². The van der Waals surface area contributed by atoms with Crippen LogP contribution in [0.25, 0.3) is 0 Å². The molecule has 26 heteroatoms. The van der Waals surface area contributed by atoms with Crippen LogP contribution in [0.15, 0.2) is 0 Å². The zero-order valence-corrected chi connectivity index (χ0v) is 22.2. The van der Waals surface area contributed by atoms with Gasteiger partial charge < -0.3 is 9.47 Å². The van der Waals surface area contributed by atoms with E-state index in [4.69, 9.17) is 5.26 Å². The highest BCUT2D eigenvalue weighted by molar-refractivity contribution is 7.94. The Bertz CT molecular complexity index is 970. The first-order chi connectivity index (χ1) is 19.9. The molecule has 0 aliphatic heterocycles. The van der Waals surface area contributed by atoms with Crippen molar-refractivity contribution in [3.63, 3.8) is 0 Å². The number of ether oxygens (including phenoxy) is 2. The third-order valence-electron chi connectivity index (χ3n) is 5.29. The Morgan fingerprint density at radius 3 is 1.33 bits per heavy atom. The van der Waals surface area contributed by atoms with Crippen LogP contribution in [0.1, 0.15) is 32.1 Å². The second kappa shape index (κ2) is 15.2. The predicted molar refractivity (Wildman–Crippen MR) is 108 cm³/mol. The fourth-order valence-electron chi connectivity index (χ4n) is 2.80. The molecule has 0 saturated carbocycles. The maximum atomic E-state index is 13.5. The van der Waals surface area contributed by atoms with Crippen molar-refractivity contribution in [2.45, 2.75) is 80.0 Å². The summed E-state index contributed by atoms with van der Waals surface area (Å²) in [5, 5.41) is 11.2. The maximum Gasteiger partial charge on any atom is 0.460 e. The zero-order chi connectivity index (χ0) is 35.9. The molecule has 45 heavy (non-hydrogen) atoms. The van der Waals surface area contributed by atoms with Crippen LogP contribution in [0.4, 0.5) is 79.0 Å². The van der Waals surface area contributed by atoms with Crippen molar-refractivity contribution in [3.8, 4) is 0 Å². The van der Waals surface area contributed by atoms with Crippen LogP contribution in [-0.2, 0) is 28.4 Å². The summed E-state index contributed by atoms with van der Waals surface area (Å²) < 4.78 is 243. The smallest absolute Gasteiger partial charge is 0.460 e. The topological polar surface area (TPSA) is 91.3 Å². The van der Waals surface area contributed by atoms with Gasteiger partial charge in [-0.2, -0.15) is 79.0 Å². The second-order valence-electron chi connectivity index (χ2n) is 8.63. The van der Waals surface area contributed by atoms with Gasteiger partial charge in [0, 0.05) is 30.6 Å². The molecule has 0 heterocycles. The van der Waals surface area contributed by atoms with E-state index in [1.165, 1.54) is 0 Å². The largest absolute Gasteiger partial charge is 0.466 e. The summed E-state index contributed by atoms with van der Waals surface area (Å²) in [7, 11) is 0. The van der Waals surface area contributed by atoms with E-state index < -0.39 is 117 Å². The number of carbonyl (C=O) groups is 2. The highest BCUT2D eigenvalue weighted by Crippen LogP contribution is 2.55. The molecular formula is C19H18F18O7S. The molecule has 0 aromatic rings. The number of alkyl halides is 18. The van der Waals surface area contributed by atoms with E-state index in [1.54, 1.807) is 0 Å². The average molecular weight is 732 g/mol. The summed E-state index contributed by atoms with van der Waals surface area (Å²) in [6.45, 7) is -2.72. The quantitative estimate of drug-likeness (QED) is 0.0362. The monoisotopic (exact) mass is 732 g/mol. The van der Waals surface area contributed by atoms with E-state index >= 15 is 0 Å². The molecule has 0 rings (SSSR count). The fourth-order valence-corrected chi connectivity index (χ4v) is 3.31. The van der Waals surface area contributed by atoms with Crippen LogP contribution in [0.5, 0.6) is 0 Å². The van der Waals surface area contributed by atoms with E-state index in [2.05, 4.69) is 18.8 Å². The van der Waals surface area contributed by atoms with Gasteiger partial charge in [0.25, 0.3) is 0 Å². The normalized spacial score (nSPS) is 15.2. The summed E-state index contributed by atoms with van der Waals surface area (Å²) >= 11 is -0.0131. The lowest BCUT2D eigenvalue weighted by Crippen LogP contribution is -2.60. The van der Waals surface area contributed by atoms with Gasteiger partial charge in [-0.1, -0.05) is 5.04 Å². The van der Waals surface area contributed by atoms with Gasteiger partial charge in [0.05, 0.1) is 25.6 Å². The summed E-state index contributed by atoms with van der Waals surface area (Å²) in [5.41, 5.74) is 0. The molecule has 0 spiro atoms. The van der Waals surface area contributed by atoms with Crippen molar-refractivity contribution in [1.82, 2.24) is 0 Å². The van der Waals surface area contributed by atoms with E-state index in [0.29, 0.717) is 0 Å². The molecular weight excluding hydrogens is 714 g/mol. The van der Waals surface area contributed by atoms with Gasteiger partial charge in [0.2, 0.25) is 0 Å². The van der Waals surface area contributed by atoms with Gasteiger partial charge in [-0.15, -0.1) is 4.33 Å². The van der Waals surface area contributed by atoms with Crippen molar-refractivity contribution in [3.05, 3.63) is 0 Å². The summed E-state index contributed by atoms with van der Waals surface area (Å²) in [6, 6.07) is 0. The van der Waals surface area contributed by atoms with Gasteiger partial charge in [-0.3, -0.25) is 9.59 Å². The number of carbonyl (C=O) groups excluding carboxylic acids is 2. The molecule has 0 amide bonds. The van der Waals surface area contributed by atoms with Crippen molar-refractivity contribution < 1.29 is 113 Å². The molecule has 0 fully saturated rings. The number of halogens is 18. The summed E-state index contributed by atoms with van der Waals surface area (Å²) in [6.07, 6.45) is -23.1. The Morgan fingerprint density at radius 1 is 0.600 bits per heavy atom. The second-order valence-corrected chi connectivity index (χ2v) is 9.33. The van der Waals surface area contributed by atoms with E-state index in [0.717, 1.165) is 0 Å². The van der Waals surface area contributed by atoms with Crippen molar-refractivity contribution in [1.29, 1.82) is 0 Å². The van der Waals surface area contributed by atoms with E-state index in [9.17, 15) is 88.6 Å². The fraction of sp³-hybridized carbons (Fsp3) is 0.895. The lowest BCUT2D eigenvalue weighted by atomic mass is 10.00. The van der Waals surface area contributed by atoms with Crippen LogP contribution in [-0.4, -0.2) is 84.1 Å². The van der Waals surface area contributed by atoms with Crippen molar-refractivity contribution >= 4 is 24.0 Å². The first-order valence-corrected chi connectivity index (χ1v) is 12.2. The highest BCUT2D eigenvalue weighted by atomic mass is 32.2. The Kier molecular flexibility index (Phi) is 14.5. The van der Waals surface area contributed by atoms with Gasteiger partial charge >= 0.3 is 59.8 Å². The molecule has 0 aromatic heterocycles. The molecule has 1 atom stereocenters. The molecule has 1 unspecified atom stereocenters. The van der Waals surface area contributed by atoms with Crippen LogP contribution in [0, 0.1) is 5.92 Å². The van der Waals surface area contributed by atoms with Gasteiger partial charge in [-0.05, 0) is 12.8 Å². The summed E-state index contributed by atoms with van der Waals surface area (Å²) in [4.78, 5) is 23.9. The molecule has 0 bridgehead atoms. The van der Waals surface area contributed by atoms with Gasteiger partial charge in [0.15, 0.2) is 0 Å². The molecule has 268 valence electrons. The van der Waals surface area contributed by atoms with Crippen LogP contribution < -0.4 is 0 Å². The number of hydrogen-bond acceptors (Lipinski definition) is 8. The first kappa shape index (κ1) is 42.9. The molecule has 0 radical (unpaired) electrons. The highest BCUT2D eigenvalue weighted by Gasteiger charge is 2.82. The van der Waals surface area contributed by atoms with E-state index in [1.807, 2.05) is 0 Å². The average Bonchev–Trinajstić information content (AvgIpc) is 2.86. The Balaban J connectivity index is 5.16. The van der Waals surface area contributed by atoms with Crippen LogP contribution >= 0.6 is 12.0 Å². The molecule has 0 saturated heterocycles. The molecule has 7 nitrogen and oxygen atoms in total. The maximum absolute atomic E-state index is 13.5.